The zero-order chi connectivity index (χ0) is 20.4. The zero-order valence-corrected chi connectivity index (χ0v) is 16.1. The van der Waals surface area contributed by atoms with E-state index in [2.05, 4.69) is 10.6 Å². The van der Waals surface area contributed by atoms with Crippen LogP contribution in [0.25, 0.3) is 0 Å². The average Bonchev–Trinajstić information content (AvgIpc) is 3.06. The minimum atomic E-state index is -0.876. The Kier molecular flexibility index (Phi) is 5.63. The van der Waals surface area contributed by atoms with Crippen molar-refractivity contribution in [2.24, 2.45) is 0 Å². The Morgan fingerprint density at radius 1 is 1.11 bits per heavy atom. The van der Waals surface area contributed by atoms with E-state index in [1.165, 1.54) is 6.07 Å². The largest absolute Gasteiger partial charge is 0.355 e. The third kappa shape index (κ3) is 3.83. The van der Waals surface area contributed by atoms with E-state index in [9.17, 15) is 18.4 Å². The number of benzene rings is 2. The number of nitrogens with zero attached hydrogens (tertiary/aromatic N) is 1. The highest BCUT2D eigenvalue weighted by Crippen LogP contribution is 2.34. The van der Waals surface area contributed by atoms with Crippen LogP contribution in [-0.4, -0.2) is 36.5 Å². The van der Waals surface area contributed by atoms with Crippen molar-refractivity contribution in [2.75, 3.05) is 18.9 Å². The number of halogens is 2. The van der Waals surface area contributed by atoms with Gasteiger partial charge in [-0.3, -0.25) is 4.79 Å². The van der Waals surface area contributed by atoms with Crippen molar-refractivity contribution in [1.29, 1.82) is 0 Å². The number of anilines is 1. The molecule has 2 unspecified atom stereocenters. The molecule has 0 saturated carbocycles. The summed E-state index contributed by atoms with van der Waals surface area (Å²) in [6, 6.07) is 8.55. The lowest BCUT2D eigenvalue weighted by molar-refractivity contribution is 0.0963. The van der Waals surface area contributed by atoms with Crippen LogP contribution in [-0.2, 0) is 0 Å². The monoisotopic (exact) mass is 387 g/mol. The summed E-state index contributed by atoms with van der Waals surface area (Å²) in [5.74, 6) is -2.00. The third-order valence-corrected chi connectivity index (χ3v) is 5.34. The summed E-state index contributed by atoms with van der Waals surface area (Å²) in [5.41, 5.74) is 2.61. The highest BCUT2D eigenvalue weighted by Gasteiger charge is 2.35. The van der Waals surface area contributed by atoms with Crippen LogP contribution in [0, 0.1) is 18.6 Å². The highest BCUT2D eigenvalue weighted by atomic mass is 19.2. The molecule has 1 heterocycles. The standard InChI is InChI=1S/C21H23F2N3O2/c1-12-10-15(20(27)24-3)5-7-19(12)25-21(28)26-9-8-16(13(26)2)14-4-6-17(22)18(23)11-14/h4-7,10-11,13,16H,8-9H2,1-3H3,(H,24,27)(H,25,28). The first-order valence-corrected chi connectivity index (χ1v) is 9.17. The van der Waals surface area contributed by atoms with Crippen LogP contribution in [0.3, 0.4) is 0 Å². The second-order valence-corrected chi connectivity index (χ2v) is 7.04. The van der Waals surface area contributed by atoms with Gasteiger partial charge in [0.25, 0.3) is 5.91 Å². The summed E-state index contributed by atoms with van der Waals surface area (Å²) >= 11 is 0. The predicted octanol–water partition coefficient (Wildman–Crippen LogP) is 4.04. The van der Waals surface area contributed by atoms with Crippen LogP contribution in [0.4, 0.5) is 19.3 Å². The fourth-order valence-electron chi connectivity index (χ4n) is 3.69. The maximum atomic E-state index is 13.6. The molecule has 2 aromatic carbocycles. The van der Waals surface area contributed by atoms with Crippen molar-refractivity contribution in [1.82, 2.24) is 10.2 Å². The first-order valence-electron chi connectivity index (χ1n) is 9.17. The molecule has 0 aromatic heterocycles. The van der Waals surface area contributed by atoms with Crippen LogP contribution < -0.4 is 10.6 Å². The fraction of sp³-hybridized carbons (Fsp3) is 0.333. The maximum absolute atomic E-state index is 13.6. The van der Waals surface area contributed by atoms with Crippen LogP contribution >= 0.6 is 0 Å². The molecule has 0 radical (unpaired) electrons. The second kappa shape index (κ2) is 7.96. The smallest absolute Gasteiger partial charge is 0.322 e. The summed E-state index contributed by atoms with van der Waals surface area (Å²) in [7, 11) is 1.56. The highest BCUT2D eigenvalue weighted by molar-refractivity contribution is 5.96. The molecule has 5 nitrogen and oxygen atoms in total. The number of carbonyl (C=O) groups is 2. The Morgan fingerprint density at radius 3 is 2.50 bits per heavy atom. The lowest BCUT2D eigenvalue weighted by Gasteiger charge is -2.25. The molecule has 28 heavy (non-hydrogen) atoms. The number of hydrogen-bond donors (Lipinski definition) is 2. The van der Waals surface area contributed by atoms with Crippen molar-refractivity contribution < 1.29 is 18.4 Å². The maximum Gasteiger partial charge on any atom is 0.322 e. The lowest BCUT2D eigenvalue weighted by atomic mass is 9.92. The Morgan fingerprint density at radius 2 is 1.86 bits per heavy atom. The van der Waals surface area contributed by atoms with E-state index in [4.69, 9.17) is 0 Å². The Balaban J connectivity index is 1.71. The molecular formula is C21H23F2N3O2. The van der Waals surface area contributed by atoms with Gasteiger partial charge in [-0.25, -0.2) is 13.6 Å². The van der Waals surface area contributed by atoms with Gasteiger partial charge in [0.1, 0.15) is 0 Å². The molecule has 3 amide bonds. The molecule has 1 aliphatic rings. The molecule has 0 bridgehead atoms. The number of urea groups is 1. The number of likely N-dealkylation sites (tertiary alicyclic amines) is 1. The minimum absolute atomic E-state index is 0.0578. The molecular weight excluding hydrogens is 364 g/mol. The first kappa shape index (κ1) is 19.8. The molecule has 1 saturated heterocycles. The van der Waals surface area contributed by atoms with E-state index in [1.54, 1.807) is 36.2 Å². The molecule has 2 aromatic rings. The first-order chi connectivity index (χ1) is 13.3. The number of aryl methyl sites for hydroxylation is 1. The molecule has 148 valence electrons. The van der Waals surface area contributed by atoms with Gasteiger partial charge in [0, 0.05) is 36.8 Å². The molecule has 1 aliphatic heterocycles. The molecule has 0 aliphatic carbocycles. The van der Waals surface area contributed by atoms with Gasteiger partial charge in [-0.05, 0) is 61.7 Å². The topological polar surface area (TPSA) is 61.4 Å². The van der Waals surface area contributed by atoms with E-state index in [-0.39, 0.29) is 23.9 Å². The predicted molar refractivity (Wildman–Crippen MR) is 103 cm³/mol. The lowest BCUT2D eigenvalue weighted by Crippen LogP contribution is -2.38. The van der Waals surface area contributed by atoms with Crippen molar-refractivity contribution in [3.63, 3.8) is 0 Å². The Labute approximate surface area is 162 Å². The van der Waals surface area contributed by atoms with E-state index in [0.29, 0.717) is 29.8 Å². The SMILES string of the molecule is CNC(=O)c1ccc(NC(=O)N2CCC(c3ccc(F)c(F)c3)C2C)c(C)c1. The normalized spacial score (nSPS) is 18.8. The molecule has 7 heteroatoms. The molecule has 3 rings (SSSR count). The third-order valence-electron chi connectivity index (χ3n) is 5.34. The number of nitrogens with one attached hydrogen (secondary N) is 2. The summed E-state index contributed by atoms with van der Waals surface area (Å²) in [5, 5.41) is 5.44. The van der Waals surface area contributed by atoms with Gasteiger partial charge in [0.15, 0.2) is 11.6 Å². The molecule has 2 atom stereocenters. The number of carbonyl (C=O) groups excluding carboxylic acids is 2. The quantitative estimate of drug-likeness (QED) is 0.835. The zero-order valence-electron chi connectivity index (χ0n) is 16.1. The summed E-state index contributed by atoms with van der Waals surface area (Å²) in [6.45, 7) is 4.24. The van der Waals surface area contributed by atoms with E-state index >= 15 is 0 Å². The van der Waals surface area contributed by atoms with E-state index in [0.717, 1.165) is 11.6 Å². The van der Waals surface area contributed by atoms with Gasteiger partial charge in [0.05, 0.1) is 0 Å². The Hall–Kier alpha value is -2.96. The molecule has 0 spiro atoms. The van der Waals surface area contributed by atoms with Gasteiger partial charge < -0.3 is 15.5 Å². The van der Waals surface area contributed by atoms with Crippen LogP contribution in [0.15, 0.2) is 36.4 Å². The van der Waals surface area contributed by atoms with Gasteiger partial charge in [0.2, 0.25) is 0 Å². The second-order valence-electron chi connectivity index (χ2n) is 7.04. The summed E-state index contributed by atoms with van der Waals surface area (Å²) < 4.78 is 26.8. The molecule has 1 fully saturated rings. The van der Waals surface area contributed by atoms with Gasteiger partial charge in [-0.2, -0.15) is 0 Å². The van der Waals surface area contributed by atoms with Crippen molar-refractivity contribution in [3.8, 4) is 0 Å². The van der Waals surface area contributed by atoms with Crippen LogP contribution in [0.5, 0.6) is 0 Å². The Bertz CT molecular complexity index is 917. The van der Waals surface area contributed by atoms with Gasteiger partial charge >= 0.3 is 6.03 Å². The summed E-state index contributed by atoms with van der Waals surface area (Å²) in [6.07, 6.45) is 0.675. The number of hydrogen-bond acceptors (Lipinski definition) is 2. The number of rotatable bonds is 3. The van der Waals surface area contributed by atoms with Crippen LogP contribution in [0.2, 0.25) is 0 Å². The van der Waals surface area contributed by atoms with Crippen molar-refractivity contribution in [3.05, 3.63) is 64.7 Å². The minimum Gasteiger partial charge on any atom is -0.355 e. The average molecular weight is 387 g/mol. The van der Waals surface area contributed by atoms with E-state index in [1.807, 2.05) is 13.8 Å². The van der Waals surface area contributed by atoms with Crippen molar-refractivity contribution >= 4 is 17.6 Å². The van der Waals surface area contributed by atoms with Crippen LogP contribution in [0.1, 0.15) is 40.7 Å². The molecule has 2 N–H and O–H groups in total. The fourth-order valence-corrected chi connectivity index (χ4v) is 3.69. The number of amides is 3. The van der Waals surface area contributed by atoms with Gasteiger partial charge in [-0.1, -0.05) is 6.07 Å². The van der Waals surface area contributed by atoms with Crippen molar-refractivity contribution in [2.45, 2.75) is 32.2 Å². The van der Waals surface area contributed by atoms with E-state index < -0.39 is 11.6 Å². The summed E-state index contributed by atoms with van der Waals surface area (Å²) in [4.78, 5) is 26.2. The van der Waals surface area contributed by atoms with Gasteiger partial charge in [-0.15, -0.1) is 0 Å².